The van der Waals surface area contributed by atoms with Gasteiger partial charge in [-0.05, 0) is 31.4 Å². The Morgan fingerprint density at radius 2 is 2.06 bits per heavy atom. The molecule has 18 heavy (non-hydrogen) atoms. The van der Waals surface area contributed by atoms with Crippen LogP contribution in [-0.2, 0) is 26.1 Å². The standard InChI is InChI=1S/C10H14O5S2.K.H/c1-8(11)15-7-3-2-4-9-5-6-10(16-9)17(12,13)14;;/h5-6H,2-4,7H2,1H3,(H,12,13,14);;. The molecule has 1 heterocycles. The van der Waals surface area contributed by atoms with Gasteiger partial charge in [0.15, 0.2) is 0 Å². The van der Waals surface area contributed by atoms with Crippen molar-refractivity contribution in [2.24, 2.45) is 0 Å². The fourth-order valence-corrected chi connectivity index (χ4v) is 3.01. The number of hydrogen-bond acceptors (Lipinski definition) is 5. The molecule has 0 radical (unpaired) electrons. The van der Waals surface area contributed by atoms with Gasteiger partial charge < -0.3 is 4.74 Å². The van der Waals surface area contributed by atoms with Crippen molar-refractivity contribution in [2.75, 3.05) is 6.61 Å². The fourth-order valence-electron chi connectivity index (χ4n) is 1.25. The Morgan fingerprint density at radius 3 is 2.56 bits per heavy atom. The van der Waals surface area contributed by atoms with E-state index in [1.54, 1.807) is 6.07 Å². The van der Waals surface area contributed by atoms with E-state index >= 15 is 0 Å². The van der Waals surface area contributed by atoms with Crippen LogP contribution in [0.25, 0.3) is 0 Å². The average Bonchev–Trinajstić information content (AvgIpc) is 2.64. The minimum absolute atomic E-state index is 0. The van der Waals surface area contributed by atoms with E-state index in [-0.39, 0.29) is 61.6 Å². The van der Waals surface area contributed by atoms with Crippen molar-refractivity contribution in [3.8, 4) is 0 Å². The molecule has 8 heteroatoms. The van der Waals surface area contributed by atoms with Crippen molar-refractivity contribution in [3.05, 3.63) is 17.0 Å². The number of carbonyl (C=O) groups is 1. The van der Waals surface area contributed by atoms with Crippen LogP contribution < -0.4 is 0 Å². The molecule has 0 amide bonds. The van der Waals surface area contributed by atoms with Gasteiger partial charge >= 0.3 is 67.5 Å². The van der Waals surface area contributed by atoms with E-state index in [2.05, 4.69) is 0 Å². The molecular weight excluding hydrogens is 303 g/mol. The monoisotopic (exact) mass is 318 g/mol. The zero-order valence-electron chi connectivity index (χ0n) is 9.38. The van der Waals surface area contributed by atoms with Crippen molar-refractivity contribution in [1.29, 1.82) is 0 Å². The molecule has 1 N–H and O–H groups in total. The molecule has 0 atom stereocenters. The van der Waals surface area contributed by atoms with Gasteiger partial charge in [-0.3, -0.25) is 9.35 Å². The van der Waals surface area contributed by atoms with Crippen molar-refractivity contribution in [2.45, 2.75) is 30.4 Å². The zero-order chi connectivity index (χ0) is 12.9. The van der Waals surface area contributed by atoms with E-state index in [0.717, 1.165) is 29.1 Å². The van der Waals surface area contributed by atoms with Gasteiger partial charge in [0.25, 0.3) is 0 Å². The Bertz CT molecular complexity index is 480. The quantitative estimate of drug-likeness (QED) is 0.369. The first kappa shape index (κ1) is 18.7. The number of carbonyl (C=O) groups excluding carboxylic acids is 1. The van der Waals surface area contributed by atoms with Crippen molar-refractivity contribution in [1.82, 2.24) is 0 Å². The first-order valence-corrected chi connectivity index (χ1v) is 7.35. The molecule has 1 aromatic heterocycles. The van der Waals surface area contributed by atoms with Crippen LogP contribution in [0.15, 0.2) is 16.3 Å². The van der Waals surface area contributed by atoms with Crippen molar-refractivity contribution < 1.29 is 22.5 Å². The number of thiophene rings is 1. The number of esters is 1. The summed E-state index contributed by atoms with van der Waals surface area (Å²) in [5.41, 5.74) is 0. The summed E-state index contributed by atoms with van der Waals surface area (Å²) >= 11 is 1.06. The third-order valence-corrected chi connectivity index (χ3v) is 4.48. The SMILES string of the molecule is CC(=O)OCCCCc1ccc(S(=O)(=O)O)s1.[KH]. The Labute approximate surface area is 153 Å². The van der Waals surface area contributed by atoms with Gasteiger partial charge in [0.05, 0.1) is 6.61 Å². The van der Waals surface area contributed by atoms with Gasteiger partial charge in [-0.1, -0.05) is 0 Å². The molecule has 0 spiro atoms. The van der Waals surface area contributed by atoms with Crippen LogP contribution in [0.3, 0.4) is 0 Å². The Hall–Kier alpha value is 0.716. The summed E-state index contributed by atoms with van der Waals surface area (Å²) in [6.07, 6.45) is 2.25. The molecule has 0 saturated heterocycles. The summed E-state index contributed by atoms with van der Waals surface area (Å²) in [7, 11) is -4.08. The van der Waals surface area contributed by atoms with Crippen LogP contribution >= 0.6 is 11.3 Å². The third-order valence-electron chi connectivity index (χ3n) is 2.01. The van der Waals surface area contributed by atoms with E-state index in [9.17, 15) is 13.2 Å². The zero-order valence-corrected chi connectivity index (χ0v) is 11.0. The molecule has 0 aliphatic carbocycles. The summed E-state index contributed by atoms with van der Waals surface area (Å²) in [5.74, 6) is -0.296. The molecule has 0 saturated carbocycles. The Balaban J connectivity index is 0.00000289. The summed E-state index contributed by atoms with van der Waals surface area (Å²) in [6, 6.07) is 3.07. The van der Waals surface area contributed by atoms with Gasteiger partial charge in [0.1, 0.15) is 4.21 Å². The number of aryl methyl sites for hydroxylation is 1. The molecule has 98 valence electrons. The predicted molar refractivity (Wildman–Crippen MR) is 70.9 cm³/mol. The van der Waals surface area contributed by atoms with Crippen LogP contribution in [0.5, 0.6) is 0 Å². The average molecular weight is 318 g/mol. The normalized spacial score (nSPS) is 10.8. The molecule has 0 fully saturated rings. The van der Waals surface area contributed by atoms with Crippen LogP contribution in [0, 0.1) is 0 Å². The minimum atomic E-state index is -4.08. The van der Waals surface area contributed by atoms with Gasteiger partial charge in [0, 0.05) is 11.8 Å². The van der Waals surface area contributed by atoms with E-state index < -0.39 is 10.1 Å². The second kappa shape index (κ2) is 8.80. The van der Waals surface area contributed by atoms with E-state index in [4.69, 9.17) is 9.29 Å². The first-order chi connectivity index (χ1) is 7.89. The molecule has 1 rings (SSSR count). The maximum absolute atomic E-state index is 10.8. The summed E-state index contributed by atoms with van der Waals surface area (Å²) in [6.45, 7) is 1.74. The third kappa shape index (κ3) is 7.34. The number of hydrogen-bond donors (Lipinski definition) is 1. The maximum atomic E-state index is 10.8. The molecule has 5 nitrogen and oxygen atoms in total. The molecule has 1 aromatic rings. The summed E-state index contributed by atoms with van der Waals surface area (Å²) < 4.78 is 35.1. The second-order valence-corrected chi connectivity index (χ2v) is 6.31. The van der Waals surface area contributed by atoms with Gasteiger partial charge in [-0.25, -0.2) is 0 Å². The summed E-state index contributed by atoms with van der Waals surface area (Å²) in [4.78, 5) is 11.4. The predicted octanol–water partition coefficient (Wildman–Crippen LogP) is 1.23. The van der Waals surface area contributed by atoms with Crippen LogP contribution in [0.4, 0.5) is 0 Å². The van der Waals surface area contributed by atoms with Crippen molar-refractivity contribution >= 4 is 78.8 Å². The molecular formula is C10H15KO5S2. The fraction of sp³-hybridized carbons (Fsp3) is 0.500. The molecule has 0 bridgehead atoms. The van der Waals surface area contributed by atoms with Gasteiger partial charge in [-0.15, -0.1) is 11.3 Å². The molecule has 0 unspecified atom stereocenters. The number of unbranched alkanes of at least 4 members (excludes halogenated alkanes) is 1. The van der Waals surface area contributed by atoms with E-state index in [1.807, 2.05) is 0 Å². The molecule has 0 aliphatic rings. The van der Waals surface area contributed by atoms with Crippen molar-refractivity contribution in [3.63, 3.8) is 0 Å². The topological polar surface area (TPSA) is 80.7 Å². The van der Waals surface area contributed by atoms with Crippen LogP contribution in [0.2, 0.25) is 0 Å². The summed E-state index contributed by atoms with van der Waals surface area (Å²) in [5, 5.41) is 0. The Kier molecular flexibility index (Phi) is 9.15. The molecule has 0 aliphatic heterocycles. The number of rotatable bonds is 6. The second-order valence-electron chi connectivity index (χ2n) is 3.49. The van der Waals surface area contributed by atoms with E-state index in [0.29, 0.717) is 13.0 Å². The van der Waals surface area contributed by atoms with Crippen LogP contribution in [0.1, 0.15) is 24.6 Å². The van der Waals surface area contributed by atoms with Crippen LogP contribution in [-0.4, -0.2) is 76.9 Å². The van der Waals surface area contributed by atoms with E-state index in [1.165, 1.54) is 13.0 Å². The Morgan fingerprint density at radius 1 is 1.39 bits per heavy atom. The molecule has 0 aromatic carbocycles. The first-order valence-electron chi connectivity index (χ1n) is 5.09. The van der Waals surface area contributed by atoms with Gasteiger partial charge in [0.2, 0.25) is 0 Å². The number of ether oxygens (including phenoxy) is 1. The van der Waals surface area contributed by atoms with Gasteiger partial charge in [-0.2, -0.15) is 8.42 Å².